The third-order valence-electron chi connectivity index (χ3n) is 8.19. The van der Waals surface area contributed by atoms with Crippen molar-refractivity contribution in [3.63, 3.8) is 0 Å². The van der Waals surface area contributed by atoms with Crippen molar-refractivity contribution in [2.24, 2.45) is 0 Å². The average Bonchev–Trinajstić information content (AvgIpc) is 3.15. The first-order chi connectivity index (χ1) is 17.9. The topological polar surface area (TPSA) is 0 Å². The molecule has 1 aliphatic rings. The summed E-state index contributed by atoms with van der Waals surface area (Å²) in [6.07, 6.45) is 0. The van der Waals surface area contributed by atoms with Crippen LogP contribution in [0.1, 0.15) is 30.5 Å². The van der Waals surface area contributed by atoms with Crippen LogP contribution < -0.4 is 0 Å². The lowest BCUT2D eigenvalue weighted by atomic mass is 9.80. The molecule has 0 heterocycles. The van der Waals surface area contributed by atoms with Gasteiger partial charge in [0.15, 0.2) is 0 Å². The molecule has 0 N–H and O–H groups in total. The molecule has 7 rings (SSSR count). The van der Waals surface area contributed by atoms with Crippen LogP contribution in [0.3, 0.4) is 0 Å². The van der Waals surface area contributed by atoms with Crippen molar-refractivity contribution >= 4 is 21.5 Å². The van der Waals surface area contributed by atoms with Gasteiger partial charge in [-0.25, -0.2) is 4.39 Å². The van der Waals surface area contributed by atoms with Crippen molar-refractivity contribution in [2.45, 2.75) is 26.2 Å². The van der Waals surface area contributed by atoms with Crippen molar-refractivity contribution in [3.8, 4) is 33.4 Å². The fourth-order valence-corrected chi connectivity index (χ4v) is 6.47. The lowest BCUT2D eigenvalue weighted by molar-refractivity contribution is 0.628. The maximum absolute atomic E-state index is 13.9. The van der Waals surface area contributed by atoms with Gasteiger partial charge >= 0.3 is 0 Å². The number of aryl methyl sites for hydroxylation is 1. The van der Waals surface area contributed by atoms with Gasteiger partial charge in [-0.15, -0.1) is 0 Å². The molecule has 0 saturated carbocycles. The second-order valence-electron chi connectivity index (χ2n) is 10.8. The van der Waals surface area contributed by atoms with Crippen molar-refractivity contribution in [3.05, 3.63) is 132 Å². The van der Waals surface area contributed by atoms with Gasteiger partial charge in [-0.1, -0.05) is 116 Å². The predicted molar refractivity (Wildman–Crippen MR) is 155 cm³/mol. The molecule has 6 aromatic rings. The SMILES string of the molecule is Cc1ccc2c(-c3ccc(F)cc3)c3ccccc3c(-c3cccc4c3-c3ccccc3C4(C)C)c2c1. The summed E-state index contributed by atoms with van der Waals surface area (Å²) in [4.78, 5) is 0. The highest BCUT2D eigenvalue weighted by atomic mass is 19.1. The third kappa shape index (κ3) is 3.13. The van der Waals surface area contributed by atoms with Gasteiger partial charge in [-0.2, -0.15) is 0 Å². The zero-order chi connectivity index (χ0) is 25.3. The summed E-state index contributed by atoms with van der Waals surface area (Å²) in [5.74, 6) is -0.217. The van der Waals surface area contributed by atoms with Crippen LogP contribution in [-0.2, 0) is 5.41 Å². The largest absolute Gasteiger partial charge is 0.207 e. The van der Waals surface area contributed by atoms with Crippen LogP contribution in [0.5, 0.6) is 0 Å². The Morgan fingerprint density at radius 3 is 1.92 bits per heavy atom. The monoisotopic (exact) mass is 478 g/mol. The van der Waals surface area contributed by atoms with E-state index < -0.39 is 0 Å². The number of hydrogen-bond donors (Lipinski definition) is 0. The molecule has 1 heteroatoms. The normalized spacial score (nSPS) is 13.6. The standard InChI is InChI=1S/C36H27F/c1-22-15-20-27-30(21-22)34(26-10-5-4-9-25(26)33(27)23-16-18-24(37)19-17-23)29-12-8-14-32-35(29)28-11-6-7-13-31(28)36(32,2)3/h4-21H,1-3H3. The highest BCUT2D eigenvalue weighted by Gasteiger charge is 2.37. The van der Waals surface area contributed by atoms with Crippen LogP contribution in [0.25, 0.3) is 54.9 Å². The molecular formula is C36H27F. The van der Waals surface area contributed by atoms with Gasteiger partial charge in [0.05, 0.1) is 0 Å². The minimum absolute atomic E-state index is 0.0580. The van der Waals surface area contributed by atoms with Gasteiger partial charge in [-0.05, 0) is 85.1 Å². The van der Waals surface area contributed by atoms with Crippen molar-refractivity contribution in [1.29, 1.82) is 0 Å². The molecule has 178 valence electrons. The molecule has 0 radical (unpaired) electrons. The molecule has 0 atom stereocenters. The Hall–Kier alpha value is -4.23. The summed E-state index contributed by atoms with van der Waals surface area (Å²) in [6.45, 7) is 6.82. The Balaban J connectivity index is 1.67. The first-order valence-electron chi connectivity index (χ1n) is 12.9. The van der Waals surface area contributed by atoms with Gasteiger partial charge in [0.2, 0.25) is 0 Å². The molecule has 0 saturated heterocycles. The molecule has 0 aromatic heterocycles. The van der Waals surface area contributed by atoms with E-state index in [4.69, 9.17) is 0 Å². The first-order valence-corrected chi connectivity index (χ1v) is 12.9. The Morgan fingerprint density at radius 1 is 0.514 bits per heavy atom. The minimum Gasteiger partial charge on any atom is -0.207 e. The number of benzene rings is 6. The van der Waals surface area contributed by atoms with Crippen LogP contribution >= 0.6 is 0 Å². The van der Waals surface area contributed by atoms with E-state index in [1.54, 1.807) is 12.1 Å². The molecule has 0 bridgehead atoms. The van der Waals surface area contributed by atoms with E-state index in [1.165, 1.54) is 60.5 Å². The summed E-state index contributed by atoms with van der Waals surface area (Å²) in [5, 5.41) is 4.82. The lowest BCUT2D eigenvalue weighted by Crippen LogP contribution is -2.14. The van der Waals surface area contributed by atoms with Crippen LogP contribution in [0.15, 0.2) is 109 Å². The second kappa shape index (κ2) is 7.88. The lowest BCUT2D eigenvalue weighted by Gasteiger charge is -2.22. The molecule has 1 aliphatic carbocycles. The quantitative estimate of drug-likeness (QED) is 0.217. The Labute approximate surface area is 217 Å². The minimum atomic E-state index is -0.217. The molecule has 37 heavy (non-hydrogen) atoms. The molecule has 0 spiro atoms. The molecule has 6 aromatic carbocycles. The molecular weight excluding hydrogens is 451 g/mol. The van der Waals surface area contributed by atoms with E-state index in [0.717, 1.165) is 11.1 Å². The van der Waals surface area contributed by atoms with E-state index in [1.807, 2.05) is 12.1 Å². The van der Waals surface area contributed by atoms with Gasteiger partial charge < -0.3 is 0 Å². The summed E-state index contributed by atoms with van der Waals surface area (Å²) < 4.78 is 13.9. The van der Waals surface area contributed by atoms with Crippen molar-refractivity contribution in [1.82, 2.24) is 0 Å². The van der Waals surface area contributed by atoms with Crippen molar-refractivity contribution in [2.75, 3.05) is 0 Å². The fourth-order valence-electron chi connectivity index (χ4n) is 6.47. The first kappa shape index (κ1) is 22.0. The molecule has 0 nitrogen and oxygen atoms in total. The summed E-state index contributed by atoms with van der Waals surface area (Å²) >= 11 is 0. The predicted octanol–water partition coefficient (Wildman–Crippen LogP) is 10.1. The fraction of sp³-hybridized carbons (Fsp3) is 0.111. The van der Waals surface area contributed by atoms with E-state index in [2.05, 4.69) is 106 Å². The molecule has 0 amide bonds. The third-order valence-corrected chi connectivity index (χ3v) is 8.19. The number of fused-ring (bicyclic) bond motifs is 5. The van der Waals surface area contributed by atoms with Crippen LogP contribution in [0.4, 0.5) is 4.39 Å². The number of hydrogen-bond acceptors (Lipinski definition) is 0. The highest BCUT2D eigenvalue weighted by Crippen LogP contribution is 2.54. The summed E-state index contributed by atoms with van der Waals surface area (Å²) in [7, 11) is 0. The van der Waals surface area contributed by atoms with E-state index in [9.17, 15) is 4.39 Å². The van der Waals surface area contributed by atoms with Crippen LogP contribution in [0, 0.1) is 12.7 Å². The van der Waals surface area contributed by atoms with Gasteiger partial charge in [-0.3, -0.25) is 0 Å². The molecule has 0 unspecified atom stereocenters. The number of rotatable bonds is 2. The molecule has 0 aliphatic heterocycles. The van der Waals surface area contributed by atoms with Crippen LogP contribution in [-0.4, -0.2) is 0 Å². The maximum Gasteiger partial charge on any atom is 0.123 e. The van der Waals surface area contributed by atoms with E-state index >= 15 is 0 Å². The van der Waals surface area contributed by atoms with Crippen molar-refractivity contribution < 1.29 is 4.39 Å². The molecule has 0 fully saturated rings. The number of halogens is 1. The van der Waals surface area contributed by atoms with Gasteiger partial charge in [0.25, 0.3) is 0 Å². The zero-order valence-corrected chi connectivity index (χ0v) is 21.3. The summed E-state index contributed by atoms with van der Waals surface area (Å²) in [5.41, 5.74) is 11.3. The van der Waals surface area contributed by atoms with E-state index in [-0.39, 0.29) is 11.2 Å². The smallest absolute Gasteiger partial charge is 0.123 e. The summed E-state index contributed by atoms with van der Waals surface area (Å²) in [6, 6.07) is 38.0. The second-order valence-corrected chi connectivity index (χ2v) is 10.8. The average molecular weight is 479 g/mol. The van der Waals surface area contributed by atoms with E-state index in [0.29, 0.717) is 0 Å². The van der Waals surface area contributed by atoms with Gasteiger partial charge in [0, 0.05) is 5.41 Å². The Morgan fingerprint density at radius 2 is 1.14 bits per heavy atom. The van der Waals surface area contributed by atoms with Crippen LogP contribution in [0.2, 0.25) is 0 Å². The highest BCUT2D eigenvalue weighted by molar-refractivity contribution is 6.22. The van der Waals surface area contributed by atoms with Gasteiger partial charge in [0.1, 0.15) is 5.82 Å². The zero-order valence-electron chi connectivity index (χ0n) is 21.3. The Kier molecular flexibility index (Phi) is 4.69. The Bertz CT molecular complexity index is 1860. The maximum atomic E-state index is 13.9.